The van der Waals surface area contributed by atoms with Gasteiger partial charge in [0.25, 0.3) is 0 Å². The number of nitrogens with zero attached hydrogens (tertiary/aromatic N) is 2. The third-order valence-corrected chi connectivity index (χ3v) is 4.90. The molecule has 1 saturated carbocycles. The number of hydrogen-bond acceptors (Lipinski definition) is 4. The van der Waals surface area contributed by atoms with Crippen molar-refractivity contribution in [3.8, 4) is 11.4 Å². The summed E-state index contributed by atoms with van der Waals surface area (Å²) in [5, 5.41) is 0. The maximum atomic E-state index is 12.5. The zero-order valence-corrected chi connectivity index (χ0v) is 12.8. The van der Waals surface area contributed by atoms with Crippen molar-refractivity contribution in [2.24, 2.45) is 0 Å². The van der Waals surface area contributed by atoms with E-state index in [9.17, 15) is 9.59 Å². The van der Waals surface area contributed by atoms with E-state index >= 15 is 0 Å². The van der Waals surface area contributed by atoms with Crippen LogP contribution in [-0.2, 0) is 0 Å². The van der Waals surface area contributed by atoms with E-state index in [1.54, 1.807) is 31.4 Å². The SMILES string of the molecule is COc1ccc(-n2sc(=O)n(C3CCCCC3)c2=O)cc1. The van der Waals surface area contributed by atoms with Crippen molar-refractivity contribution >= 4 is 11.5 Å². The Morgan fingerprint density at radius 2 is 1.76 bits per heavy atom. The molecule has 0 radical (unpaired) electrons. The van der Waals surface area contributed by atoms with Crippen molar-refractivity contribution in [3.63, 3.8) is 0 Å². The van der Waals surface area contributed by atoms with Gasteiger partial charge >= 0.3 is 10.6 Å². The minimum Gasteiger partial charge on any atom is -0.497 e. The summed E-state index contributed by atoms with van der Waals surface area (Å²) in [6.45, 7) is 0. The van der Waals surface area contributed by atoms with Gasteiger partial charge in [-0.1, -0.05) is 19.3 Å². The number of benzene rings is 1. The van der Waals surface area contributed by atoms with Crippen LogP contribution in [0.1, 0.15) is 38.1 Å². The van der Waals surface area contributed by atoms with Gasteiger partial charge in [0.15, 0.2) is 0 Å². The highest BCUT2D eigenvalue weighted by Crippen LogP contribution is 2.26. The summed E-state index contributed by atoms with van der Waals surface area (Å²) >= 11 is 0.972. The van der Waals surface area contributed by atoms with Crippen molar-refractivity contribution in [2.45, 2.75) is 38.1 Å². The van der Waals surface area contributed by atoms with Crippen LogP contribution < -0.4 is 15.3 Å². The average Bonchev–Trinajstić information content (AvgIpc) is 2.83. The predicted molar refractivity (Wildman–Crippen MR) is 82.9 cm³/mol. The first-order valence-electron chi connectivity index (χ1n) is 7.20. The lowest BCUT2D eigenvalue weighted by atomic mass is 9.95. The minimum absolute atomic E-state index is 0.0644. The molecule has 1 aliphatic rings. The quantitative estimate of drug-likeness (QED) is 0.876. The number of rotatable bonds is 3. The molecule has 1 fully saturated rings. The second-order valence-electron chi connectivity index (χ2n) is 5.29. The van der Waals surface area contributed by atoms with Crippen LogP contribution >= 0.6 is 11.5 Å². The van der Waals surface area contributed by atoms with Gasteiger partial charge in [-0.3, -0.25) is 4.79 Å². The summed E-state index contributed by atoms with van der Waals surface area (Å²) in [7, 11) is 1.60. The fourth-order valence-electron chi connectivity index (χ4n) is 2.86. The summed E-state index contributed by atoms with van der Waals surface area (Å²) < 4.78 is 8.02. The second kappa shape index (κ2) is 5.89. The molecular formula is C15H18N2O3S. The summed E-state index contributed by atoms with van der Waals surface area (Å²) in [6.07, 6.45) is 5.23. The van der Waals surface area contributed by atoms with E-state index < -0.39 is 0 Å². The third kappa shape index (κ3) is 2.68. The number of ether oxygens (including phenoxy) is 1. The van der Waals surface area contributed by atoms with Crippen LogP contribution in [0.25, 0.3) is 5.69 Å². The van der Waals surface area contributed by atoms with E-state index in [1.165, 1.54) is 14.9 Å². The fourth-order valence-corrected chi connectivity index (χ4v) is 3.73. The number of hydrogen-bond donors (Lipinski definition) is 0. The van der Waals surface area contributed by atoms with E-state index in [1.807, 2.05) is 0 Å². The highest BCUT2D eigenvalue weighted by Gasteiger charge is 2.22. The first-order valence-corrected chi connectivity index (χ1v) is 7.97. The van der Waals surface area contributed by atoms with E-state index in [0.29, 0.717) is 5.69 Å². The molecule has 3 rings (SSSR count). The minimum atomic E-state index is -0.220. The molecule has 0 bridgehead atoms. The van der Waals surface area contributed by atoms with Crippen molar-refractivity contribution in [2.75, 3.05) is 7.11 Å². The molecule has 5 nitrogen and oxygen atoms in total. The van der Waals surface area contributed by atoms with Gasteiger partial charge in [-0.25, -0.2) is 13.3 Å². The molecule has 0 N–H and O–H groups in total. The topological polar surface area (TPSA) is 53.2 Å². The molecule has 112 valence electrons. The van der Waals surface area contributed by atoms with Crippen LogP contribution in [0.15, 0.2) is 33.9 Å². The molecule has 21 heavy (non-hydrogen) atoms. The molecule has 0 atom stereocenters. The molecule has 1 aromatic heterocycles. The van der Waals surface area contributed by atoms with Gasteiger partial charge < -0.3 is 4.74 Å². The van der Waals surface area contributed by atoms with Gasteiger partial charge in [-0.15, -0.1) is 0 Å². The molecule has 0 unspecified atom stereocenters. The lowest BCUT2D eigenvalue weighted by Crippen LogP contribution is -2.33. The normalized spacial score (nSPS) is 16.0. The Morgan fingerprint density at radius 3 is 2.38 bits per heavy atom. The average molecular weight is 306 g/mol. The Hall–Kier alpha value is -1.82. The number of methoxy groups -OCH3 is 1. The molecule has 0 aliphatic heterocycles. The third-order valence-electron chi connectivity index (χ3n) is 3.99. The molecule has 0 amide bonds. The lowest BCUT2D eigenvalue weighted by molar-refractivity contribution is 0.341. The van der Waals surface area contributed by atoms with Crippen molar-refractivity contribution < 1.29 is 4.74 Å². The van der Waals surface area contributed by atoms with Crippen LogP contribution in [-0.4, -0.2) is 15.6 Å². The zero-order chi connectivity index (χ0) is 14.8. The van der Waals surface area contributed by atoms with Gasteiger partial charge in [0, 0.05) is 17.6 Å². The Morgan fingerprint density at radius 1 is 1.10 bits per heavy atom. The maximum absolute atomic E-state index is 12.5. The Labute approximate surface area is 126 Å². The molecule has 2 aromatic rings. The van der Waals surface area contributed by atoms with Crippen LogP contribution in [0.2, 0.25) is 0 Å². The smallest absolute Gasteiger partial charge is 0.346 e. The van der Waals surface area contributed by atoms with Crippen LogP contribution in [0.3, 0.4) is 0 Å². The Bertz CT molecular complexity index is 721. The van der Waals surface area contributed by atoms with Gasteiger partial charge in [0.1, 0.15) is 5.75 Å². The molecular weight excluding hydrogens is 288 g/mol. The van der Waals surface area contributed by atoms with E-state index in [4.69, 9.17) is 4.74 Å². The molecule has 1 aliphatic carbocycles. The lowest BCUT2D eigenvalue weighted by Gasteiger charge is -2.20. The van der Waals surface area contributed by atoms with E-state index in [0.717, 1.165) is 43.0 Å². The molecule has 1 heterocycles. The molecule has 0 spiro atoms. The van der Waals surface area contributed by atoms with E-state index in [-0.39, 0.29) is 16.6 Å². The van der Waals surface area contributed by atoms with Crippen LogP contribution in [0.4, 0.5) is 0 Å². The Balaban J connectivity index is 2.00. The number of aromatic nitrogens is 2. The standard InChI is InChI=1S/C15H18N2O3S/c1-20-13-9-7-12(8-10-13)17-14(18)16(15(19)21-17)11-5-3-2-4-6-11/h7-11H,2-6H2,1H3. The molecule has 1 aromatic carbocycles. The van der Waals surface area contributed by atoms with E-state index in [2.05, 4.69) is 0 Å². The molecule has 0 saturated heterocycles. The van der Waals surface area contributed by atoms with Crippen LogP contribution in [0.5, 0.6) is 5.75 Å². The zero-order valence-electron chi connectivity index (χ0n) is 11.9. The summed E-state index contributed by atoms with van der Waals surface area (Å²) in [6, 6.07) is 7.23. The van der Waals surface area contributed by atoms with Crippen molar-refractivity contribution in [1.82, 2.24) is 8.52 Å². The largest absolute Gasteiger partial charge is 0.497 e. The summed E-state index contributed by atoms with van der Waals surface area (Å²) in [5.41, 5.74) is 0.486. The first-order chi connectivity index (χ1) is 10.2. The Kier molecular flexibility index (Phi) is 3.96. The maximum Gasteiger partial charge on any atom is 0.346 e. The van der Waals surface area contributed by atoms with Gasteiger partial charge in [-0.05, 0) is 37.1 Å². The van der Waals surface area contributed by atoms with Crippen LogP contribution in [0, 0.1) is 0 Å². The summed E-state index contributed by atoms with van der Waals surface area (Å²) in [4.78, 5) is 24.6. The second-order valence-corrected chi connectivity index (χ2v) is 6.19. The highest BCUT2D eigenvalue weighted by molar-refractivity contribution is 7.03. The molecule has 6 heteroatoms. The van der Waals surface area contributed by atoms with Gasteiger partial charge in [0.05, 0.1) is 12.8 Å². The van der Waals surface area contributed by atoms with Crippen molar-refractivity contribution in [3.05, 3.63) is 44.4 Å². The predicted octanol–water partition coefficient (Wildman–Crippen LogP) is 2.57. The van der Waals surface area contributed by atoms with Gasteiger partial charge in [0.2, 0.25) is 0 Å². The van der Waals surface area contributed by atoms with Crippen molar-refractivity contribution in [1.29, 1.82) is 0 Å². The fraction of sp³-hybridized carbons (Fsp3) is 0.467. The first kappa shape index (κ1) is 14.1. The highest BCUT2D eigenvalue weighted by atomic mass is 32.1. The monoisotopic (exact) mass is 306 g/mol. The summed E-state index contributed by atoms with van der Waals surface area (Å²) in [5.74, 6) is 0.728. The van der Waals surface area contributed by atoms with Gasteiger partial charge in [-0.2, -0.15) is 0 Å².